The Hall–Kier alpha value is -0.520. The maximum atomic E-state index is 5.75. The number of aromatic nitrogens is 2. The summed E-state index contributed by atoms with van der Waals surface area (Å²) in [5, 5.41) is 4.51. The number of hydrazine groups is 1. The summed E-state index contributed by atoms with van der Waals surface area (Å²) in [5.74, 6) is 9.21. The number of thioether (sulfide) groups is 1. The van der Waals surface area contributed by atoms with E-state index in [-0.39, 0.29) is 0 Å². The zero-order valence-corrected chi connectivity index (χ0v) is 12.9. The summed E-state index contributed by atoms with van der Waals surface area (Å²) >= 11 is 2.08. The van der Waals surface area contributed by atoms with Gasteiger partial charge in [0.1, 0.15) is 0 Å². The molecule has 1 aliphatic rings. The number of nitrogens with zero attached hydrogens (tertiary/aromatic N) is 2. The van der Waals surface area contributed by atoms with E-state index >= 15 is 0 Å². The van der Waals surface area contributed by atoms with E-state index in [1.807, 2.05) is 0 Å². The zero-order chi connectivity index (χ0) is 13.7. The van der Waals surface area contributed by atoms with E-state index in [9.17, 15) is 0 Å². The molecule has 1 saturated heterocycles. The topological polar surface area (TPSA) is 55.9 Å². The average Bonchev–Trinajstić information content (AvgIpc) is 2.79. The molecule has 0 amide bonds. The van der Waals surface area contributed by atoms with E-state index in [2.05, 4.69) is 46.9 Å². The summed E-state index contributed by atoms with van der Waals surface area (Å²) in [6, 6.07) is 2.55. The summed E-state index contributed by atoms with van der Waals surface area (Å²) in [4.78, 5) is 0. The molecule has 19 heavy (non-hydrogen) atoms. The first-order valence-electron chi connectivity index (χ1n) is 7.30. The molecular weight excluding hydrogens is 256 g/mol. The monoisotopic (exact) mass is 282 g/mol. The van der Waals surface area contributed by atoms with Gasteiger partial charge in [-0.1, -0.05) is 0 Å². The van der Waals surface area contributed by atoms with Crippen LogP contribution in [0.4, 0.5) is 0 Å². The molecule has 0 aliphatic carbocycles. The Balaban J connectivity index is 1.93. The minimum atomic E-state index is 0.370. The lowest BCUT2D eigenvalue weighted by Gasteiger charge is -2.26. The van der Waals surface area contributed by atoms with Gasteiger partial charge >= 0.3 is 0 Å². The Morgan fingerprint density at radius 3 is 2.89 bits per heavy atom. The van der Waals surface area contributed by atoms with Gasteiger partial charge in [0.15, 0.2) is 0 Å². The second-order valence-corrected chi connectivity index (χ2v) is 6.68. The Bertz CT molecular complexity index is 385. The van der Waals surface area contributed by atoms with Gasteiger partial charge in [0.2, 0.25) is 0 Å². The minimum absolute atomic E-state index is 0.370. The van der Waals surface area contributed by atoms with E-state index < -0.39 is 0 Å². The molecule has 2 rings (SSSR count). The highest BCUT2D eigenvalue weighted by Crippen LogP contribution is 2.27. The average molecular weight is 282 g/mol. The molecule has 0 saturated carbocycles. The van der Waals surface area contributed by atoms with Gasteiger partial charge in [0.05, 0.1) is 5.69 Å². The van der Waals surface area contributed by atoms with E-state index in [1.165, 1.54) is 36.5 Å². The van der Waals surface area contributed by atoms with Crippen molar-refractivity contribution in [1.82, 2.24) is 15.2 Å². The second-order valence-electron chi connectivity index (χ2n) is 5.45. The van der Waals surface area contributed by atoms with Crippen molar-refractivity contribution in [2.45, 2.75) is 52.1 Å². The number of hydrogen-bond donors (Lipinski definition) is 2. The van der Waals surface area contributed by atoms with Gasteiger partial charge in [-0.15, -0.1) is 0 Å². The first kappa shape index (κ1) is 14.9. The first-order valence-corrected chi connectivity index (χ1v) is 8.45. The highest BCUT2D eigenvalue weighted by Gasteiger charge is 2.20. The summed E-state index contributed by atoms with van der Waals surface area (Å²) in [6.07, 6.45) is 4.85. The zero-order valence-electron chi connectivity index (χ0n) is 12.1. The van der Waals surface area contributed by atoms with Gasteiger partial charge in [-0.2, -0.15) is 16.9 Å². The molecule has 1 fully saturated rings. The molecule has 1 aromatic heterocycles. The maximum Gasteiger partial charge on any atom is 0.0596 e. The second kappa shape index (κ2) is 7.31. The molecule has 108 valence electrons. The van der Waals surface area contributed by atoms with Crippen LogP contribution in [-0.4, -0.2) is 27.3 Å². The summed E-state index contributed by atoms with van der Waals surface area (Å²) in [7, 11) is 0. The third-order valence-electron chi connectivity index (χ3n) is 3.93. The van der Waals surface area contributed by atoms with Crippen molar-refractivity contribution in [2.24, 2.45) is 11.8 Å². The van der Waals surface area contributed by atoms with E-state index in [4.69, 9.17) is 5.84 Å². The van der Waals surface area contributed by atoms with E-state index in [1.54, 1.807) is 0 Å². The Morgan fingerprint density at radius 1 is 1.53 bits per heavy atom. The van der Waals surface area contributed by atoms with Crippen LogP contribution in [0.5, 0.6) is 0 Å². The maximum absolute atomic E-state index is 5.75. The highest BCUT2D eigenvalue weighted by atomic mass is 32.2. The third kappa shape index (κ3) is 4.23. The van der Waals surface area contributed by atoms with Crippen molar-refractivity contribution >= 4 is 11.8 Å². The molecule has 0 aromatic carbocycles. The number of rotatable bonds is 6. The fourth-order valence-electron chi connectivity index (χ4n) is 2.88. The predicted molar refractivity (Wildman–Crippen MR) is 82.1 cm³/mol. The number of nitrogens with one attached hydrogen (secondary N) is 1. The molecule has 4 nitrogen and oxygen atoms in total. The molecule has 0 radical (unpaired) electrons. The van der Waals surface area contributed by atoms with Gasteiger partial charge in [0, 0.05) is 24.7 Å². The van der Waals surface area contributed by atoms with Crippen LogP contribution in [-0.2, 0) is 13.0 Å². The van der Waals surface area contributed by atoms with Crippen LogP contribution >= 0.6 is 11.8 Å². The van der Waals surface area contributed by atoms with Crippen LogP contribution in [0, 0.1) is 12.8 Å². The van der Waals surface area contributed by atoms with Gasteiger partial charge in [-0.05, 0) is 56.6 Å². The van der Waals surface area contributed by atoms with Crippen LogP contribution in [0.15, 0.2) is 6.07 Å². The van der Waals surface area contributed by atoms with Crippen molar-refractivity contribution in [1.29, 1.82) is 0 Å². The number of aryl methyl sites for hydroxylation is 2. The van der Waals surface area contributed by atoms with Crippen molar-refractivity contribution < 1.29 is 0 Å². The standard InChI is InChI=1S/C14H26N4S/c1-3-18-14(8-11(2)17-18)10-13(16-15)9-12-4-6-19-7-5-12/h8,12-13,16H,3-7,9-10,15H2,1-2H3. The minimum Gasteiger partial charge on any atom is -0.271 e. The normalized spacial score (nSPS) is 18.7. The SMILES string of the molecule is CCn1nc(C)cc1CC(CC1CCSCC1)NN. The quantitative estimate of drug-likeness (QED) is 0.620. The van der Waals surface area contributed by atoms with Crippen LogP contribution in [0.3, 0.4) is 0 Å². The van der Waals surface area contributed by atoms with E-state index in [0.717, 1.165) is 24.6 Å². The Labute approximate surface area is 120 Å². The fourth-order valence-corrected chi connectivity index (χ4v) is 4.09. The lowest BCUT2D eigenvalue weighted by molar-refractivity contribution is 0.360. The summed E-state index contributed by atoms with van der Waals surface area (Å²) < 4.78 is 2.09. The van der Waals surface area contributed by atoms with Crippen molar-refractivity contribution in [3.8, 4) is 0 Å². The molecule has 5 heteroatoms. The van der Waals surface area contributed by atoms with Crippen LogP contribution < -0.4 is 11.3 Å². The fraction of sp³-hybridized carbons (Fsp3) is 0.786. The van der Waals surface area contributed by atoms with Crippen molar-refractivity contribution in [3.05, 3.63) is 17.5 Å². The third-order valence-corrected chi connectivity index (χ3v) is 4.98. The van der Waals surface area contributed by atoms with Crippen molar-refractivity contribution in [2.75, 3.05) is 11.5 Å². The summed E-state index contributed by atoms with van der Waals surface area (Å²) in [6.45, 7) is 5.12. The van der Waals surface area contributed by atoms with Crippen LogP contribution in [0.2, 0.25) is 0 Å². The molecule has 0 spiro atoms. The van der Waals surface area contributed by atoms with Gasteiger partial charge in [0.25, 0.3) is 0 Å². The molecule has 1 aliphatic heterocycles. The summed E-state index contributed by atoms with van der Waals surface area (Å²) in [5.41, 5.74) is 5.41. The van der Waals surface area contributed by atoms with Crippen LogP contribution in [0.25, 0.3) is 0 Å². The van der Waals surface area contributed by atoms with Gasteiger partial charge in [-0.3, -0.25) is 16.0 Å². The Morgan fingerprint density at radius 2 is 2.26 bits per heavy atom. The molecule has 2 heterocycles. The Kier molecular flexibility index (Phi) is 5.73. The molecular formula is C14H26N4S. The largest absolute Gasteiger partial charge is 0.271 e. The molecule has 1 atom stereocenters. The number of hydrogen-bond acceptors (Lipinski definition) is 4. The highest BCUT2D eigenvalue weighted by molar-refractivity contribution is 7.99. The smallest absolute Gasteiger partial charge is 0.0596 e. The van der Waals surface area contributed by atoms with E-state index in [0.29, 0.717) is 6.04 Å². The lowest BCUT2D eigenvalue weighted by Crippen LogP contribution is -2.39. The van der Waals surface area contributed by atoms with Crippen LogP contribution in [0.1, 0.15) is 37.6 Å². The lowest BCUT2D eigenvalue weighted by atomic mass is 9.92. The van der Waals surface area contributed by atoms with Crippen molar-refractivity contribution in [3.63, 3.8) is 0 Å². The number of nitrogens with two attached hydrogens (primary N) is 1. The molecule has 1 aromatic rings. The molecule has 1 unspecified atom stereocenters. The molecule has 3 N–H and O–H groups in total. The van der Waals surface area contributed by atoms with Gasteiger partial charge in [-0.25, -0.2) is 0 Å². The van der Waals surface area contributed by atoms with Gasteiger partial charge < -0.3 is 0 Å². The predicted octanol–water partition coefficient (Wildman–Crippen LogP) is 2.12. The first-order chi connectivity index (χ1) is 9.22. The molecule has 0 bridgehead atoms.